The minimum Gasteiger partial charge on any atom is -0.495 e. The molecule has 0 unspecified atom stereocenters. The van der Waals surface area contributed by atoms with E-state index in [2.05, 4.69) is 5.32 Å². The van der Waals surface area contributed by atoms with Crippen molar-refractivity contribution in [2.75, 3.05) is 19.5 Å². The lowest BCUT2D eigenvalue weighted by molar-refractivity contribution is -0.111. The summed E-state index contributed by atoms with van der Waals surface area (Å²) in [5.74, 6) is 1.21. The highest BCUT2D eigenvalue weighted by Crippen LogP contribution is 2.32. The molecule has 0 spiro atoms. The second kappa shape index (κ2) is 11.1. The van der Waals surface area contributed by atoms with Crippen LogP contribution in [-0.2, 0) is 11.4 Å². The number of carbonyl (C=O) groups excluding carboxylic acids is 1. The average molecular weight is 493 g/mol. The average Bonchev–Trinajstić information content (AvgIpc) is 2.78. The van der Waals surface area contributed by atoms with Gasteiger partial charge in [0.25, 0.3) is 0 Å². The monoisotopic (exact) mass is 491 g/mol. The number of hydrogen-bond donors (Lipinski definition) is 1. The van der Waals surface area contributed by atoms with Crippen molar-refractivity contribution in [3.8, 4) is 17.2 Å². The second-order valence-electron chi connectivity index (χ2n) is 6.57. The number of ether oxygens (including phenoxy) is 3. The number of anilines is 1. The van der Waals surface area contributed by atoms with Gasteiger partial charge in [0, 0.05) is 26.7 Å². The molecule has 3 rings (SSSR count). The topological polar surface area (TPSA) is 56.8 Å². The summed E-state index contributed by atoms with van der Waals surface area (Å²) in [7, 11) is 3.06. The van der Waals surface area contributed by atoms with E-state index < -0.39 is 0 Å². The third kappa shape index (κ3) is 6.10. The van der Waals surface area contributed by atoms with Gasteiger partial charge in [-0.1, -0.05) is 46.9 Å². The molecule has 0 bridgehead atoms. The number of halogens is 3. The molecule has 3 aromatic carbocycles. The molecule has 5 nitrogen and oxygen atoms in total. The van der Waals surface area contributed by atoms with Gasteiger partial charge >= 0.3 is 0 Å². The van der Waals surface area contributed by atoms with Gasteiger partial charge in [-0.2, -0.15) is 0 Å². The Morgan fingerprint density at radius 2 is 1.59 bits per heavy atom. The lowest BCUT2D eigenvalue weighted by Gasteiger charge is -2.13. The zero-order valence-corrected chi connectivity index (χ0v) is 19.6. The van der Waals surface area contributed by atoms with Gasteiger partial charge in [-0.3, -0.25) is 4.79 Å². The Morgan fingerprint density at radius 1 is 0.906 bits per heavy atom. The maximum Gasteiger partial charge on any atom is 0.248 e. The number of carbonyl (C=O) groups is 1. The van der Waals surface area contributed by atoms with Crippen molar-refractivity contribution in [3.63, 3.8) is 0 Å². The summed E-state index contributed by atoms with van der Waals surface area (Å²) < 4.78 is 16.5. The summed E-state index contributed by atoms with van der Waals surface area (Å²) >= 11 is 18.4. The van der Waals surface area contributed by atoms with Crippen molar-refractivity contribution < 1.29 is 19.0 Å². The quantitative estimate of drug-likeness (QED) is 0.348. The first-order chi connectivity index (χ1) is 15.4. The Hall–Kier alpha value is -2.86. The van der Waals surface area contributed by atoms with Crippen LogP contribution in [0, 0.1) is 0 Å². The van der Waals surface area contributed by atoms with Crippen LogP contribution in [0.5, 0.6) is 17.2 Å². The Labute approximate surface area is 201 Å². The number of nitrogens with one attached hydrogen (secondary N) is 1. The minimum atomic E-state index is -0.335. The molecule has 0 saturated carbocycles. The molecule has 0 aliphatic heterocycles. The number of benzene rings is 3. The highest BCUT2D eigenvalue weighted by Gasteiger charge is 2.10. The van der Waals surface area contributed by atoms with Crippen LogP contribution in [0.2, 0.25) is 15.1 Å². The van der Waals surface area contributed by atoms with Crippen LogP contribution in [0.25, 0.3) is 6.08 Å². The van der Waals surface area contributed by atoms with E-state index in [1.54, 1.807) is 60.7 Å². The molecule has 0 atom stereocenters. The van der Waals surface area contributed by atoms with E-state index in [4.69, 9.17) is 49.0 Å². The van der Waals surface area contributed by atoms with E-state index in [0.29, 0.717) is 43.6 Å². The maximum atomic E-state index is 12.3. The number of methoxy groups -OCH3 is 2. The van der Waals surface area contributed by atoms with Gasteiger partial charge in [-0.15, -0.1) is 0 Å². The van der Waals surface area contributed by atoms with Crippen molar-refractivity contribution in [1.82, 2.24) is 0 Å². The van der Waals surface area contributed by atoms with E-state index in [1.165, 1.54) is 20.3 Å². The van der Waals surface area contributed by atoms with Crippen molar-refractivity contribution in [2.45, 2.75) is 6.61 Å². The van der Waals surface area contributed by atoms with Crippen LogP contribution in [0.15, 0.2) is 60.7 Å². The maximum absolute atomic E-state index is 12.3. The molecule has 0 aliphatic carbocycles. The van der Waals surface area contributed by atoms with E-state index in [-0.39, 0.29) is 12.5 Å². The number of amides is 1. The van der Waals surface area contributed by atoms with Crippen molar-refractivity contribution in [3.05, 3.63) is 86.9 Å². The number of hydrogen-bond acceptors (Lipinski definition) is 4. The van der Waals surface area contributed by atoms with E-state index >= 15 is 0 Å². The third-order valence-corrected chi connectivity index (χ3v) is 5.41. The molecule has 0 saturated heterocycles. The summed E-state index contributed by atoms with van der Waals surface area (Å²) in [5.41, 5.74) is 1.92. The summed E-state index contributed by atoms with van der Waals surface area (Å²) in [5, 5.41) is 4.29. The Morgan fingerprint density at radius 3 is 2.28 bits per heavy atom. The first-order valence-electron chi connectivity index (χ1n) is 9.47. The van der Waals surface area contributed by atoms with Crippen molar-refractivity contribution >= 4 is 52.5 Å². The molecule has 32 heavy (non-hydrogen) atoms. The van der Waals surface area contributed by atoms with Crippen LogP contribution in [0.4, 0.5) is 5.69 Å². The fourth-order valence-electron chi connectivity index (χ4n) is 2.85. The molecule has 0 heterocycles. The predicted molar refractivity (Wildman–Crippen MR) is 129 cm³/mol. The highest BCUT2D eigenvalue weighted by atomic mass is 35.5. The molecule has 0 radical (unpaired) electrons. The van der Waals surface area contributed by atoms with Gasteiger partial charge in [0.1, 0.15) is 12.4 Å². The lowest BCUT2D eigenvalue weighted by Crippen LogP contribution is -2.08. The van der Waals surface area contributed by atoms with Crippen LogP contribution in [0.1, 0.15) is 11.1 Å². The van der Waals surface area contributed by atoms with Gasteiger partial charge < -0.3 is 19.5 Å². The van der Waals surface area contributed by atoms with E-state index in [1.807, 2.05) is 0 Å². The third-order valence-electron chi connectivity index (χ3n) is 4.47. The molecule has 1 amide bonds. The number of rotatable bonds is 8. The Bertz CT molecular complexity index is 1130. The highest BCUT2D eigenvalue weighted by molar-refractivity contribution is 6.36. The molecular weight excluding hydrogens is 473 g/mol. The van der Waals surface area contributed by atoms with E-state index in [0.717, 1.165) is 5.56 Å². The van der Waals surface area contributed by atoms with Crippen LogP contribution in [0.3, 0.4) is 0 Å². The summed E-state index contributed by atoms with van der Waals surface area (Å²) in [4.78, 5) is 12.3. The summed E-state index contributed by atoms with van der Waals surface area (Å²) in [6.45, 7) is 0.188. The molecular formula is C24H20Cl3NO4. The summed E-state index contributed by atoms with van der Waals surface area (Å²) in [6, 6.07) is 15.6. The molecule has 1 N–H and O–H groups in total. The van der Waals surface area contributed by atoms with Crippen LogP contribution < -0.4 is 19.5 Å². The fourth-order valence-corrected chi connectivity index (χ4v) is 3.53. The first kappa shape index (κ1) is 23.8. The molecule has 3 aromatic rings. The SMILES string of the molecule is COc1ccc(Cl)cc1NC(=O)C=Cc1ccc(OCc2c(Cl)cccc2Cl)c(OC)c1. The van der Waals surface area contributed by atoms with Crippen molar-refractivity contribution in [1.29, 1.82) is 0 Å². The van der Waals surface area contributed by atoms with Crippen LogP contribution >= 0.6 is 34.8 Å². The summed E-state index contributed by atoms with van der Waals surface area (Å²) in [6.07, 6.45) is 3.06. The largest absolute Gasteiger partial charge is 0.495 e. The smallest absolute Gasteiger partial charge is 0.248 e. The van der Waals surface area contributed by atoms with Gasteiger partial charge in [-0.25, -0.2) is 0 Å². The first-order valence-corrected chi connectivity index (χ1v) is 10.6. The Kier molecular flexibility index (Phi) is 8.28. The van der Waals surface area contributed by atoms with Crippen molar-refractivity contribution in [2.24, 2.45) is 0 Å². The lowest BCUT2D eigenvalue weighted by atomic mass is 10.2. The minimum absolute atomic E-state index is 0.188. The standard InChI is InChI=1S/C24H20Cl3NO4/c1-30-21-10-8-16(25)13-20(21)28-24(29)11-7-15-6-9-22(23(12-15)31-2)32-14-17-18(26)4-3-5-19(17)27/h3-13H,14H2,1-2H3,(H,28,29). The van der Waals surface area contributed by atoms with Gasteiger partial charge in [-0.05, 0) is 54.1 Å². The van der Waals surface area contributed by atoms with Gasteiger partial charge in [0.2, 0.25) is 5.91 Å². The Balaban J connectivity index is 1.69. The zero-order chi connectivity index (χ0) is 23.1. The molecule has 0 aliphatic rings. The predicted octanol–water partition coefficient (Wildman–Crippen LogP) is 6.89. The molecule has 0 fully saturated rings. The molecule has 166 valence electrons. The van der Waals surface area contributed by atoms with Gasteiger partial charge in [0.05, 0.1) is 19.9 Å². The van der Waals surface area contributed by atoms with Crippen LogP contribution in [-0.4, -0.2) is 20.1 Å². The normalized spacial score (nSPS) is 10.8. The second-order valence-corrected chi connectivity index (χ2v) is 7.82. The zero-order valence-electron chi connectivity index (χ0n) is 17.3. The van der Waals surface area contributed by atoms with Gasteiger partial charge in [0.15, 0.2) is 11.5 Å². The van der Waals surface area contributed by atoms with E-state index in [9.17, 15) is 4.79 Å². The molecule has 0 aromatic heterocycles. The fraction of sp³-hybridized carbons (Fsp3) is 0.125. The molecule has 8 heteroatoms.